The Morgan fingerprint density at radius 3 is 1.65 bits per heavy atom. The second-order valence-corrected chi connectivity index (χ2v) is 17.4. The normalized spacial score (nSPS) is 13.1. The molecule has 0 unspecified atom stereocenters. The van der Waals surface area contributed by atoms with Crippen LogP contribution in [-0.4, -0.2) is 0 Å². The molecule has 1 spiro atoms. The second-order valence-electron chi connectivity index (χ2n) is 16.3. The Balaban J connectivity index is 0.985. The van der Waals surface area contributed by atoms with Crippen molar-refractivity contribution in [1.82, 2.24) is 0 Å². The molecule has 11 aromatic rings. The molecule has 0 radical (unpaired) electrons. The number of fused-ring (bicyclic) bond motifs is 14. The van der Waals surface area contributed by atoms with Crippen LogP contribution < -0.4 is 9.64 Å². The van der Waals surface area contributed by atoms with Crippen LogP contribution in [0.5, 0.6) is 11.5 Å². The van der Waals surface area contributed by atoms with Crippen molar-refractivity contribution in [1.29, 1.82) is 0 Å². The maximum atomic E-state index is 6.60. The second kappa shape index (κ2) is 13.7. The molecule has 290 valence electrons. The van der Waals surface area contributed by atoms with E-state index in [1.54, 1.807) is 0 Å². The Kier molecular flexibility index (Phi) is 7.72. The summed E-state index contributed by atoms with van der Waals surface area (Å²) in [5.41, 5.74) is 15.1. The molecule has 2 aliphatic rings. The predicted octanol–water partition coefficient (Wildman–Crippen LogP) is 16.5. The number of benzene rings is 10. The number of thiophene rings is 1. The van der Waals surface area contributed by atoms with E-state index >= 15 is 0 Å². The molecule has 1 aliphatic heterocycles. The van der Waals surface area contributed by atoms with Crippen LogP contribution >= 0.6 is 11.3 Å². The van der Waals surface area contributed by atoms with E-state index in [4.69, 9.17) is 4.74 Å². The van der Waals surface area contributed by atoms with Crippen LogP contribution in [0, 0.1) is 0 Å². The van der Waals surface area contributed by atoms with Crippen molar-refractivity contribution in [3.05, 3.63) is 247 Å². The molecule has 0 saturated heterocycles. The lowest BCUT2D eigenvalue weighted by Crippen LogP contribution is -2.32. The van der Waals surface area contributed by atoms with Crippen molar-refractivity contribution >= 4 is 59.3 Å². The van der Waals surface area contributed by atoms with Gasteiger partial charge in [-0.2, -0.15) is 0 Å². The van der Waals surface area contributed by atoms with Gasteiger partial charge in [0.1, 0.15) is 11.5 Å². The summed E-state index contributed by atoms with van der Waals surface area (Å²) in [6.45, 7) is 0. The largest absolute Gasteiger partial charge is 0.457 e. The molecule has 2 heterocycles. The quantitative estimate of drug-likeness (QED) is 0.172. The van der Waals surface area contributed by atoms with E-state index in [1.165, 1.54) is 86.6 Å². The van der Waals surface area contributed by atoms with Gasteiger partial charge in [0.15, 0.2) is 0 Å². The van der Waals surface area contributed by atoms with Gasteiger partial charge >= 0.3 is 0 Å². The summed E-state index contributed by atoms with van der Waals surface area (Å²) in [5.74, 6) is 1.81. The number of anilines is 3. The molecule has 62 heavy (non-hydrogen) atoms. The molecule has 0 bridgehead atoms. The fourth-order valence-electron chi connectivity index (χ4n) is 10.5. The molecule has 10 aromatic carbocycles. The maximum absolute atomic E-state index is 6.60. The third-order valence-corrected chi connectivity index (χ3v) is 14.4. The lowest BCUT2D eigenvalue weighted by Gasteiger charge is -2.39. The van der Waals surface area contributed by atoms with Crippen LogP contribution in [0.25, 0.3) is 64.3 Å². The average molecular weight is 808 g/mol. The van der Waals surface area contributed by atoms with Crippen LogP contribution in [0.15, 0.2) is 224 Å². The van der Waals surface area contributed by atoms with E-state index in [2.05, 4.69) is 229 Å². The van der Waals surface area contributed by atoms with Gasteiger partial charge in [-0.1, -0.05) is 176 Å². The highest BCUT2D eigenvalue weighted by Crippen LogP contribution is 2.63. The molecule has 13 rings (SSSR count). The van der Waals surface area contributed by atoms with E-state index in [0.29, 0.717) is 0 Å². The number of hydrogen-bond acceptors (Lipinski definition) is 3. The van der Waals surface area contributed by atoms with Gasteiger partial charge < -0.3 is 9.64 Å². The molecule has 3 heteroatoms. The zero-order valence-electron chi connectivity index (χ0n) is 33.6. The lowest BCUT2D eigenvalue weighted by atomic mass is 9.66. The van der Waals surface area contributed by atoms with E-state index in [9.17, 15) is 0 Å². The van der Waals surface area contributed by atoms with Crippen LogP contribution in [0.2, 0.25) is 0 Å². The molecule has 1 aromatic heterocycles. The molecular weight excluding hydrogens is 771 g/mol. The van der Waals surface area contributed by atoms with E-state index in [1.807, 2.05) is 11.3 Å². The fraction of sp³-hybridized carbons (Fsp3) is 0.0169. The first-order valence-electron chi connectivity index (χ1n) is 21.2. The van der Waals surface area contributed by atoms with Gasteiger partial charge in [0.05, 0.1) is 11.1 Å². The minimum absolute atomic E-state index is 0.510. The van der Waals surface area contributed by atoms with Crippen molar-refractivity contribution < 1.29 is 4.74 Å². The molecule has 0 atom stereocenters. The Morgan fingerprint density at radius 1 is 0.355 bits per heavy atom. The standard InChI is InChI=1S/C59H37NOS/c1-2-14-38(15-3-1)39-28-32-41(33-29-39)60(53-24-13-19-46-44(53)36-37-47-45-16-5-11-27-56(45)62-58(46)47)42-34-30-40(31-35-42)43-18-12-23-52-57(43)48-17-4-6-20-49(48)59(52)50-21-7-9-25-54(50)61-55-26-10-8-22-51(55)59/h1-37H. The van der Waals surface area contributed by atoms with Gasteiger partial charge in [-0.3, -0.25) is 0 Å². The van der Waals surface area contributed by atoms with E-state index in [-0.39, 0.29) is 0 Å². The molecular formula is C59H37NOS. The van der Waals surface area contributed by atoms with Gasteiger partial charge in [0.2, 0.25) is 0 Å². The topological polar surface area (TPSA) is 12.5 Å². The number of rotatable bonds is 5. The summed E-state index contributed by atoms with van der Waals surface area (Å²) in [5, 5.41) is 5.12. The first kappa shape index (κ1) is 35.1. The van der Waals surface area contributed by atoms with Gasteiger partial charge in [-0.05, 0) is 93.0 Å². The molecule has 2 nitrogen and oxygen atoms in total. The minimum Gasteiger partial charge on any atom is -0.457 e. The van der Waals surface area contributed by atoms with Crippen LogP contribution in [0.3, 0.4) is 0 Å². The highest BCUT2D eigenvalue weighted by atomic mass is 32.1. The number of hydrogen-bond donors (Lipinski definition) is 0. The Hall–Kier alpha value is -7.72. The summed E-state index contributed by atoms with van der Waals surface area (Å²) < 4.78 is 9.24. The van der Waals surface area contributed by atoms with Crippen molar-refractivity contribution in [2.45, 2.75) is 5.41 Å². The summed E-state index contributed by atoms with van der Waals surface area (Å²) in [4.78, 5) is 2.43. The predicted molar refractivity (Wildman–Crippen MR) is 260 cm³/mol. The van der Waals surface area contributed by atoms with Crippen LogP contribution in [0.1, 0.15) is 22.3 Å². The highest BCUT2D eigenvalue weighted by molar-refractivity contribution is 7.26. The van der Waals surface area contributed by atoms with Gasteiger partial charge in [0.25, 0.3) is 0 Å². The summed E-state index contributed by atoms with van der Waals surface area (Å²) >= 11 is 1.88. The van der Waals surface area contributed by atoms with Crippen LogP contribution in [-0.2, 0) is 5.41 Å². The SMILES string of the molecule is c1ccc(-c2ccc(N(c3ccc(-c4cccc5c4-c4ccccc4C54c5ccccc5Oc5ccccc54)cc3)c3cccc4c3ccc3c5ccccc5sc43)cc2)cc1. The number of para-hydroxylation sites is 2. The van der Waals surface area contributed by atoms with Crippen molar-refractivity contribution in [2.75, 3.05) is 4.90 Å². The maximum Gasteiger partial charge on any atom is 0.132 e. The van der Waals surface area contributed by atoms with E-state index in [0.717, 1.165) is 28.6 Å². The third kappa shape index (κ3) is 5.03. The molecule has 0 N–H and O–H groups in total. The smallest absolute Gasteiger partial charge is 0.132 e. The zero-order chi connectivity index (χ0) is 40.8. The lowest BCUT2D eigenvalue weighted by molar-refractivity contribution is 0.436. The molecule has 0 saturated carbocycles. The van der Waals surface area contributed by atoms with Gasteiger partial charge in [0, 0.05) is 53.4 Å². The first-order valence-corrected chi connectivity index (χ1v) is 22.1. The number of ether oxygens (including phenoxy) is 1. The Morgan fingerprint density at radius 2 is 0.887 bits per heavy atom. The van der Waals surface area contributed by atoms with E-state index < -0.39 is 5.41 Å². The molecule has 0 fully saturated rings. The van der Waals surface area contributed by atoms with Crippen LogP contribution in [0.4, 0.5) is 17.1 Å². The Labute approximate surface area is 364 Å². The first-order chi connectivity index (χ1) is 30.8. The van der Waals surface area contributed by atoms with Crippen molar-refractivity contribution in [2.24, 2.45) is 0 Å². The Bertz CT molecular complexity index is 3500. The number of nitrogens with zero attached hydrogens (tertiary/aromatic N) is 1. The molecule has 0 amide bonds. The minimum atomic E-state index is -0.510. The van der Waals surface area contributed by atoms with Gasteiger partial charge in [-0.25, -0.2) is 0 Å². The molecule has 1 aliphatic carbocycles. The third-order valence-electron chi connectivity index (χ3n) is 13.2. The van der Waals surface area contributed by atoms with Crippen molar-refractivity contribution in [3.8, 4) is 44.9 Å². The zero-order valence-corrected chi connectivity index (χ0v) is 34.4. The van der Waals surface area contributed by atoms with Crippen molar-refractivity contribution in [3.63, 3.8) is 0 Å². The van der Waals surface area contributed by atoms with Gasteiger partial charge in [-0.15, -0.1) is 11.3 Å². The summed E-state index contributed by atoms with van der Waals surface area (Å²) in [6.07, 6.45) is 0. The highest BCUT2D eigenvalue weighted by Gasteiger charge is 2.51. The average Bonchev–Trinajstić information content (AvgIpc) is 3.87. The monoisotopic (exact) mass is 807 g/mol. The summed E-state index contributed by atoms with van der Waals surface area (Å²) in [7, 11) is 0. The summed E-state index contributed by atoms with van der Waals surface area (Å²) in [6, 6.07) is 82.0. The fourth-order valence-corrected chi connectivity index (χ4v) is 11.7.